The molecule has 1 aliphatic rings. The van der Waals surface area contributed by atoms with Crippen LogP contribution in [0.2, 0.25) is 0 Å². The second kappa shape index (κ2) is 6.90. The lowest BCUT2D eigenvalue weighted by Gasteiger charge is -2.34. The molecule has 0 saturated heterocycles. The summed E-state index contributed by atoms with van der Waals surface area (Å²) < 4.78 is 1.10. The van der Waals surface area contributed by atoms with E-state index >= 15 is 0 Å². The normalized spacial score (nSPS) is 27.5. The predicted molar refractivity (Wildman–Crippen MR) is 84.4 cm³/mol. The molecule has 0 radical (unpaired) electrons. The van der Waals surface area contributed by atoms with Gasteiger partial charge in [-0.25, -0.2) is 0 Å². The first kappa shape index (κ1) is 15.1. The molecule has 3 unspecified atom stereocenters. The third kappa shape index (κ3) is 4.07. The van der Waals surface area contributed by atoms with E-state index in [0.717, 1.165) is 21.9 Å². The summed E-state index contributed by atoms with van der Waals surface area (Å²) in [6.45, 7) is 5.60. The van der Waals surface area contributed by atoms with Crippen molar-refractivity contribution in [3.63, 3.8) is 0 Å². The Morgan fingerprint density at radius 2 is 2.16 bits per heavy atom. The van der Waals surface area contributed by atoms with Gasteiger partial charge in [0, 0.05) is 25.4 Å². The number of nitrogens with one attached hydrogen (secondary N) is 1. The predicted octanol–water partition coefficient (Wildman–Crippen LogP) is 2.86. The minimum Gasteiger partial charge on any atom is -0.353 e. The molecule has 0 aliphatic heterocycles. The van der Waals surface area contributed by atoms with E-state index in [0.29, 0.717) is 11.3 Å². The quantitative estimate of drug-likeness (QED) is 0.905. The van der Waals surface area contributed by atoms with E-state index in [2.05, 4.69) is 29.4 Å². The van der Waals surface area contributed by atoms with Crippen LogP contribution >= 0.6 is 23.1 Å². The van der Waals surface area contributed by atoms with Crippen molar-refractivity contribution in [3.05, 3.63) is 0 Å². The Bertz CT molecular complexity index is 394. The lowest BCUT2D eigenvalue weighted by Crippen LogP contribution is -2.42. The molecule has 1 N–H and O–H groups in total. The van der Waals surface area contributed by atoms with Crippen molar-refractivity contribution in [2.75, 3.05) is 25.5 Å². The average Bonchev–Trinajstić information content (AvgIpc) is 2.81. The number of hydrogen-bond acceptors (Lipinski definition) is 6. The van der Waals surface area contributed by atoms with Gasteiger partial charge in [0.15, 0.2) is 4.34 Å². The van der Waals surface area contributed by atoms with Gasteiger partial charge < -0.3 is 10.2 Å². The van der Waals surface area contributed by atoms with Crippen LogP contribution in [0, 0.1) is 5.92 Å². The number of hydrogen-bond donors (Lipinski definition) is 1. The monoisotopic (exact) mass is 300 g/mol. The maximum Gasteiger partial charge on any atom is 0.208 e. The molecule has 0 amide bonds. The molecule has 2 rings (SSSR count). The van der Waals surface area contributed by atoms with E-state index in [-0.39, 0.29) is 0 Å². The maximum absolute atomic E-state index is 4.31. The molecule has 4 nitrogen and oxygen atoms in total. The molecule has 1 fully saturated rings. The van der Waals surface area contributed by atoms with Crippen LogP contribution in [0.5, 0.6) is 0 Å². The molecule has 19 heavy (non-hydrogen) atoms. The van der Waals surface area contributed by atoms with Crippen molar-refractivity contribution < 1.29 is 0 Å². The van der Waals surface area contributed by atoms with Gasteiger partial charge in [0.2, 0.25) is 5.13 Å². The summed E-state index contributed by atoms with van der Waals surface area (Å²) in [7, 11) is 4.03. The Morgan fingerprint density at radius 1 is 1.37 bits per heavy atom. The highest BCUT2D eigenvalue weighted by Gasteiger charge is 2.29. The minimum absolute atomic E-state index is 0.623. The van der Waals surface area contributed by atoms with E-state index in [4.69, 9.17) is 0 Å². The van der Waals surface area contributed by atoms with Crippen molar-refractivity contribution >= 4 is 28.2 Å². The third-order valence-electron chi connectivity index (χ3n) is 3.55. The van der Waals surface area contributed by atoms with Crippen LogP contribution in [0.1, 0.15) is 33.1 Å². The van der Waals surface area contributed by atoms with Crippen molar-refractivity contribution in [1.82, 2.24) is 15.5 Å². The smallest absolute Gasteiger partial charge is 0.208 e. The van der Waals surface area contributed by atoms with Crippen molar-refractivity contribution in [1.29, 1.82) is 0 Å². The van der Waals surface area contributed by atoms with Gasteiger partial charge in [-0.2, -0.15) is 0 Å². The first-order chi connectivity index (χ1) is 9.10. The zero-order chi connectivity index (χ0) is 13.8. The topological polar surface area (TPSA) is 41.1 Å². The lowest BCUT2D eigenvalue weighted by molar-refractivity contribution is 0.320. The van der Waals surface area contributed by atoms with Gasteiger partial charge in [0.05, 0.1) is 0 Å². The molecule has 108 valence electrons. The van der Waals surface area contributed by atoms with E-state index in [1.54, 1.807) is 11.3 Å². The van der Waals surface area contributed by atoms with Crippen LogP contribution in [0.25, 0.3) is 0 Å². The zero-order valence-electron chi connectivity index (χ0n) is 12.2. The second-order valence-corrected chi connectivity index (χ2v) is 7.93. The number of aromatic nitrogens is 2. The minimum atomic E-state index is 0.623. The fraction of sp³-hybridized carbons (Fsp3) is 0.846. The molecule has 1 aliphatic carbocycles. The van der Waals surface area contributed by atoms with Gasteiger partial charge in [-0.3, -0.25) is 0 Å². The Labute approximate surface area is 124 Å². The molecular weight excluding hydrogens is 276 g/mol. The molecule has 3 atom stereocenters. The molecule has 0 spiro atoms. The number of rotatable bonds is 5. The molecule has 0 bridgehead atoms. The Morgan fingerprint density at radius 3 is 2.79 bits per heavy atom. The van der Waals surface area contributed by atoms with Gasteiger partial charge in [-0.15, -0.1) is 10.2 Å². The summed E-state index contributed by atoms with van der Waals surface area (Å²) >= 11 is 3.61. The Kier molecular flexibility index (Phi) is 5.47. The summed E-state index contributed by atoms with van der Waals surface area (Å²) in [5, 5.41) is 13.8. The summed E-state index contributed by atoms with van der Waals surface area (Å²) in [6, 6.07) is 0.623. The highest BCUT2D eigenvalue weighted by Crippen LogP contribution is 2.38. The highest BCUT2D eigenvalue weighted by molar-refractivity contribution is 8.01. The maximum atomic E-state index is 4.31. The standard InChI is InChI=1S/C13H24N4S2/c1-5-14-10-7-6-9(2)8-11(10)18-13-16-15-12(19-13)17(3)4/h9-11,14H,5-8H2,1-4H3. The van der Waals surface area contributed by atoms with Crippen molar-refractivity contribution in [2.45, 2.75) is 48.7 Å². The van der Waals surface area contributed by atoms with Gasteiger partial charge in [0.1, 0.15) is 0 Å². The molecule has 1 aromatic rings. The van der Waals surface area contributed by atoms with Crippen LogP contribution in [-0.2, 0) is 0 Å². The number of thioether (sulfide) groups is 1. The summed E-state index contributed by atoms with van der Waals surface area (Å²) in [5.41, 5.74) is 0. The SMILES string of the molecule is CCNC1CCC(C)CC1Sc1nnc(N(C)C)s1. The van der Waals surface area contributed by atoms with Gasteiger partial charge in [-0.05, 0) is 31.7 Å². The fourth-order valence-electron chi connectivity index (χ4n) is 2.51. The molecule has 1 aromatic heterocycles. The first-order valence-electron chi connectivity index (χ1n) is 7.01. The van der Waals surface area contributed by atoms with E-state index in [1.807, 2.05) is 30.8 Å². The summed E-state index contributed by atoms with van der Waals surface area (Å²) in [5.74, 6) is 0.827. The second-order valence-electron chi connectivity index (χ2n) is 5.48. The molecular formula is C13H24N4S2. The summed E-state index contributed by atoms with van der Waals surface area (Å²) in [4.78, 5) is 2.02. The number of nitrogens with zero attached hydrogens (tertiary/aromatic N) is 3. The Hall–Kier alpha value is -0.330. The number of anilines is 1. The summed E-state index contributed by atoms with van der Waals surface area (Å²) in [6.07, 6.45) is 3.90. The van der Waals surface area contributed by atoms with Crippen molar-refractivity contribution in [3.8, 4) is 0 Å². The highest BCUT2D eigenvalue weighted by atomic mass is 32.2. The van der Waals surface area contributed by atoms with Gasteiger partial charge >= 0.3 is 0 Å². The van der Waals surface area contributed by atoms with Crippen LogP contribution < -0.4 is 10.2 Å². The van der Waals surface area contributed by atoms with E-state index in [1.165, 1.54) is 19.3 Å². The van der Waals surface area contributed by atoms with Crippen LogP contribution in [-0.4, -0.2) is 42.1 Å². The van der Waals surface area contributed by atoms with E-state index < -0.39 is 0 Å². The average molecular weight is 300 g/mol. The Balaban J connectivity index is 2.00. The molecule has 1 heterocycles. The largest absolute Gasteiger partial charge is 0.353 e. The van der Waals surface area contributed by atoms with Crippen molar-refractivity contribution in [2.24, 2.45) is 5.92 Å². The zero-order valence-corrected chi connectivity index (χ0v) is 13.9. The molecule has 1 saturated carbocycles. The third-order valence-corrected chi connectivity index (χ3v) is 6.08. The van der Waals surface area contributed by atoms with Crippen LogP contribution in [0.15, 0.2) is 4.34 Å². The van der Waals surface area contributed by atoms with Gasteiger partial charge in [0.25, 0.3) is 0 Å². The molecule has 6 heteroatoms. The van der Waals surface area contributed by atoms with Crippen LogP contribution in [0.3, 0.4) is 0 Å². The van der Waals surface area contributed by atoms with Gasteiger partial charge in [-0.1, -0.05) is 36.9 Å². The van der Waals surface area contributed by atoms with Crippen LogP contribution in [0.4, 0.5) is 5.13 Å². The van der Waals surface area contributed by atoms with E-state index in [9.17, 15) is 0 Å². The molecule has 0 aromatic carbocycles. The lowest BCUT2D eigenvalue weighted by atomic mass is 9.87. The fourth-order valence-corrected chi connectivity index (χ4v) is 4.97. The first-order valence-corrected chi connectivity index (χ1v) is 8.70.